The van der Waals surface area contributed by atoms with E-state index >= 15 is 0 Å². The fourth-order valence-corrected chi connectivity index (χ4v) is 2.41. The van der Waals surface area contributed by atoms with Crippen LogP contribution in [0, 0.1) is 15.9 Å². The van der Waals surface area contributed by atoms with Gasteiger partial charge in [-0.1, -0.05) is 11.6 Å². The number of rotatable bonds is 5. The Balaban J connectivity index is 1.72. The average molecular weight is 388 g/mol. The second-order valence-electron chi connectivity index (χ2n) is 5.33. The van der Waals surface area contributed by atoms with Crippen molar-refractivity contribution in [3.05, 3.63) is 86.9 Å². The first-order valence-corrected chi connectivity index (χ1v) is 7.95. The third-order valence-corrected chi connectivity index (χ3v) is 3.85. The topological polar surface area (TPSA) is 97.7 Å². The van der Waals surface area contributed by atoms with Gasteiger partial charge in [0.2, 0.25) is 0 Å². The van der Waals surface area contributed by atoms with Crippen molar-refractivity contribution < 1.29 is 18.5 Å². The fourth-order valence-electron chi connectivity index (χ4n) is 2.20. The van der Waals surface area contributed by atoms with Crippen LogP contribution in [0.2, 0.25) is 5.02 Å². The number of nitro groups is 1. The van der Waals surface area contributed by atoms with Gasteiger partial charge in [-0.3, -0.25) is 14.9 Å². The Kier molecular flexibility index (Phi) is 5.28. The number of nitrogens with one attached hydrogen (secondary N) is 1. The van der Waals surface area contributed by atoms with Crippen molar-refractivity contribution in [1.29, 1.82) is 0 Å². The predicted octanol–water partition coefficient (Wildman–Crippen LogP) is 4.41. The van der Waals surface area contributed by atoms with Gasteiger partial charge in [-0.2, -0.15) is 5.10 Å². The van der Waals surface area contributed by atoms with E-state index in [4.69, 9.17) is 16.0 Å². The van der Waals surface area contributed by atoms with Gasteiger partial charge < -0.3 is 4.42 Å². The van der Waals surface area contributed by atoms with E-state index < -0.39 is 16.6 Å². The number of hydrazone groups is 1. The lowest BCUT2D eigenvalue weighted by Crippen LogP contribution is -2.17. The van der Waals surface area contributed by atoms with Crippen molar-refractivity contribution in [2.45, 2.75) is 0 Å². The maximum absolute atomic E-state index is 12.8. The summed E-state index contributed by atoms with van der Waals surface area (Å²) in [5.41, 5.74) is 2.78. The molecule has 3 aromatic rings. The second-order valence-corrected chi connectivity index (χ2v) is 5.74. The van der Waals surface area contributed by atoms with Gasteiger partial charge in [-0.25, -0.2) is 9.82 Å². The van der Waals surface area contributed by atoms with Crippen LogP contribution in [0.5, 0.6) is 0 Å². The second kappa shape index (κ2) is 7.79. The number of amides is 1. The molecule has 9 heteroatoms. The number of carbonyl (C=O) groups excluding carboxylic acids is 1. The molecule has 1 N–H and O–H groups in total. The van der Waals surface area contributed by atoms with Gasteiger partial charge in [0, 0.05) is 23.3 Å². The Morgan fingerprint density at radius 1 is 1.19 bits per heavy atom. The summed E-state index contributed by atoms with van der Waals surface area (Å²) in [7, 11) is 0. The standard InChI is InChI=1S/C18H11ClFN3O4/c19-16-7-5-13(23(25)26)9-15(16)17-8-6-14(27-17)10-21-22-18(24)11-1-3-12(20)4-2-11/h1-10H,(H,22,24)/b21-10-. The summed E-state index contributed by atoms with van der Waals surface area (Å²) in [6.07, 6.45) is 1.26. The summed E-state index contributed by atoms with van der Waals surface area (Å²) in [6.45, 7) is 0. The van der Waals surface area contributed by atoms with E-state index in [0.717, 1.165) is 0 Å². The van der Waals surface area contributed by atoms with Crippen LogP contribution in [0.1, 0.15) is 16.1 Å². The zero-order valence-electron chi connectivity index (χ0n) is 13.6. The van der Waals surface area contributed by atoms with Gasteiger partial charge in [-0.15, -0.1) is 0 Å². The SMILES string of the molecule is O=C(N/N=C\c1ccc(-c2cc([N+](=O)[O-])ccc2Cl)o1)c1ccc(F)cc1. The highest BCUT2D eigenvalue weighted by Crippen LogP contribution is 2.32. The summed E-state index contributed by atoms with van der Waals surface area (Å²) < 4.78 is 18.4. The maximum Gasteiger partial charge on any atom is 0.271 e. The zero-order chi connectivity index (χ0) is 19.4. The predicted molar refractivity (Wildman–Crippen MR) is 97.3 cm³/mol. The Morgan fingerprint density at radius 2 is 1.93 bits per heavy atom. The third kappa shape index (κ3) is 4.36. The van der Waals surface area contributed by atoms with Crippen LogP contribution in [0.25, 0.3) is 11.3 Å². The molecule has 0 aliphatic heterocycles. The Labute approximate surface area is 157 Å². The first-order chi connectivity index (χ1) is 12.9. The van der Waals surface area contributed by atoms with Gasteiger partial charge in [0.25, 0.3) is 11.6 Å². The average Bonchev–Trinajstić information content (AvgIpc) is 3.11. The molecular weight excluding hydrogens is 377 g/mol. The van der Waals surface area contributed by atoms with Gasteiger partial charge in [0.05, 0.1) is 16.2 Å². The zero-order valence-corrected chi connectivity index (χ0v) is 14.3. The summed E-state index contributed by atoms with van der Waals surface area (Å²) in [4.78, 5) is 22.2. The highest BCUT2D eigenvalue weighted by molar-refractivity contribution is 6.33. The van der Waals surface area contributed by atoms with E-state index in [9.17, 15) is 19.3 Å². The first kappa shape index (κ1) is 18.3. The van der Waals surface area contributed by atoms with Crippen LogP contribution >= 0.6 is 11.6 Å². The number of hydrogen-bond donors (Lipinski definition) is 1. The van der Waals surface area contributed by atoms with Crippen molar-refractivity contribution in [2.24, 2.45) is 5.10 Å². The molecule has 1 amide bonds. The van der Waals surface area contributed by atoms with E-state index in [0.29, 0.717) is 22.1 Å². The van der Waals surface area contributed by atoms with E-state index in [1.165, 1.54) is 48.7 Å². The number of non-ortho nitro benzene ring substituents is 1. The lowest BCUT2D eigenvalue weighted by atomic mass is 10.1. The van der Waals surface area contributed by atoms with Crippen molar-refractivity contribution in [3.63, 3.8) is 0 Å². The minimum absolute atomic E-state index is 0.118. The van der Waals surface area contributed by atoms with Crippen molar-refractivity contribution in [2.75, 3.05) is 0 Å². The minimum atomic E-state index is -0.532. The summed E-state index contributed by atoms with van der Waals surface area (Å²) in [6, 6.07) is 12.1. The largest absolute Gasteiger partial charge is 0.455 e. The summed E-state index contributed by atoms with van der Waals surface area (Å²) in [5.74, 6) is -0.347. The lowest BCUT2D eigenvalue weighted by Gasteiger charge is -2.00. The van der Waals surface area contributed by atoms with E-state index in [1.54, 1.807) is 12.1 Å². The molecule has 0 saturated carbocycles. The third-order valence-electron chi connectivity index (χ3n) is 3.52. The van der Waals surface area contributed by atoms with Crippen LogP contribution in [0.3, 0.4) is 0 Å². The molecule has 0 bridgehead atoms. The Hall–Kier alpha value is -3.52. The highest BCUT2D eigenvalue weighted by atomic mass is 35.5. The number of carbonyl (C=O) groups is 1. The molecule has 0 radical (unpaired) electrons. The molecule has 1 aromatic heterocycles. The summed E-state index contributed by atoms with van der Waals surface area (Å²) in [5, 5.41) is 14.9. The van der Waals surface area contributed by atoms with Crippen molar-refractivity contribution in [1.82, 2.24) is 5.43 Å². The molecule has 0 spiro atoms. The molecule has 0 aliphatic rings. The molecule has 27 heavy (non-hydrogen) atoms. The van der Waals surface area contributed by atoms with Crippen LogP contribution in [0.15, 0.2) is 64.1 Å². The van der Waals surface area contributed by atoms with Crippen molar-refractivity contribution >= 4 is 29.4 Å². The van der Waals surface area contributed by atoms with Gasteiger partial charge in [-0.05, 0) is 42.5 Å². The molecule has 3 rings (SSSR count). The van der Waals surface area contributed by atoms with E-state index in [-0.39, 0.29) is 11.3 Å². The molecule has 0 atom stereocenters. The maximum atomic E-state index is 12.8. The monoisotopic (exact) mass is 387 g/mol. The number of nitro benzene ring substituents is 1. The van der Waals surface area contributed by atoms with Gasteiger partial charge in [0.1, 0.15) is 17.3 Å². The Bertz CT molecular complexity index is 1030. The summed E-state index contributed by atoms with van der Waals surface area (Å²) >= 11 is 6.07. The normalized spacial score (nSPS) is 10.9. The lowest BCUT2D eigenvalue weighted by molar-refractivity contribution is -0.384. The van der Waals surface area contributed by atoms with E-state index in [2.05, 4.69) is 10.5 Å². The first-order valence-electron chi connectivity index (χ1n) is 7.57. The molecule has 0 fully saturated rings. The number of benzene rings is 2. The Morgan fingerprint density at radius 3 is 2.63 bits per heavy atom. The van der Waals surface area contributed by atoms with Gasteiger partial charge >= 0.3 is 0 Å². The highest BCUT2D eigenvalue weighted by Gasteiger charge is 2.14. The quantitative estimate of drug-likeness (QED) is 0.398. The number of hydrogen-bond acceptors (Lipinski definition) is 5. The molecule has 1 heterocycles. The fraction of sp³-hybridized carbons (Fsp3) is 0. The molecule has 2 aromatic carbocycles. The van der Waals surface area contributed by atoms with Crippen LogP contribution < -0.4 is 5.43 Å². The van der Waals surface area contributed by atoms with E-state index in [1.807, 2.05) is 0 Å². The molecule has 0 unspecified atom stereocenters. The van der Waals surface area contributed by atoms with Gasteiger partial charge in [0.15, 0.2) is 0 Å². The van der Waals surface area contributed by atoms with Crippen LogP contribution in [-0.4, -0.2) is 17.0 Å². The number of halogens is 2. The minimum Gasteiger partial charge on any atom is -0.455 e. The molecule has 0 saturated heterocycles. The number of nitrogens with zero attached hydrogens (tertiary/aromatic N) is 2. The smallest absolute Gasteiger partial charge is 0.271 e. The van der Waals surface area contributed by atoms with Crippen LogP contribution in [-0.2, 0) is 0 Å². The van der Waals surface area contributed by atoms with Crippen LogP contribution in [0.4, 0.5) is 10.1 Å². The molecular formula is C18H11ClFN3O4. The number of furan rings is 1. The molecule has 0 aliphatic carbocycles. The van der Waals surface area contributed by atoms with Crippen molar-refractivity contribution in [3.8, 4) is 11.3 Å². The molecule has 7 nitrogen and oxygen atoms in total. The molecule has 136 valence electrons.